The highest BCUT2D eigenvalue weighted by Crippen LogP contribution is 2.18. The maximum atomic E-state index is 11.9. The molecular weight excluding hydrogens is 350 g/mol. The van der Waals surface area contributed by atoms with Crippen LogP contribution in [-0.2, 0) is 24.3 Å². The molecule has 28 heavy (non-hydrogen) atoms. The van der Waals surface area contributed by atoms with Crippen LogP contribution in [0, 0.1) is 0 Å². The summed E-state index contributed by atoms with van der Waals surface area (Å²) in [7, 11) is 0. The first kappa shape index (κ1) is 17.8. The van der Waals surface area contributed by atoms with Crippen LogP contribution in [0.25, 0.3) is 10.9 Å². The van der Waals surface area contributed by atoms with E-state index in [4.69, 9.17) is 4.74 Å². The third-order valence-corrected chi connectivity index (χ3v) is 4.66. The van der Waals surface area contributed by atoms with Gasteiger partial charge in [0, 0.05) is 35.7 Å². The van der Waals surface area contributed by atoms with Crippen molar-refractivity contribution in [3.8, 4) is 0 Å². The molecule has 4 aromatic rings. The van der Waals surface area contributed by atoms with Gasteiger partial charge in [0.25, 0.3) is 0 Å². The number of nitrogens with one attached hydrogen (secondary N) is 2. The molecule has 2 aromatic heterocycles. The molecule has 0 fully saturated rings. The number of amides is 1. The quantitative estimate of drug-likeness (QED) is 0.492. The van der Waals surface area contributed by atoms with Crippen molar-refractivity contribution in [2.45, 2.75) is 19.6 Å². The Bertz CT molecular complexity index is 1060. The summed E-state index contributed by atoms with van der Waals surface area (Å²) in [5, 5.41) is 4.02. The number of hydrogen-bond acceptors (Lipinski definition) is 2. The van der Waals surface area contributed by atoms with Crippen molar-refractivity contribution < 1.29 is 14.1 Å². The first-order valence-electron chi connectivity index (χ1n) is 9.30. The Morgan fingerprint density at radius 2 is 1.71 bits per heavy atom. The van der Waals surface area contributed by atoms with Crippen molar-refractivity contribution in [2.24, 2.45) is 0 Å². The van der Waals surface area contributed by atoms with Crippen LogP contribution in [0.3, 0.4) is 0 Å². The standard InChI is InChI=1S/C23H21N3O2/c27-23(28-17-18-6-2-1-3-7-18)25-20-11-14-26(15-12-20)13-10-19-16-24-22-9-5-4-8-21(19)22/h1-9,11-12,14-16,24H,10,13,17H2/p+1. The number of aromatic amines is 1. The van der Waals surface area contributed by atoms with Crippen LogP contribution < -0.4 is 9.88 Å². The van der Waals surface area contributed by atoms with E-state index in [-0.39, 0.29) is 6.61 Å². The summed E-state index contributed by atoms with van der Waals surface area (Å²) >= 11 is 0. The minimum atomic E-state index is -0.458. The zero-order valence-electron chi connectivity index (χ0n) is 15.5. The average molecular weight is 372 g/mol. The number of nitrogens with zero attached hydrogens (tertiary/aromatic N) is 1. The van der Waals surface area contributed by atoms with Gasteiger partial charge in [-0.05, 0) is 17.2 Å². The molecular formula is C23H22N3O2+. The van der Waals surface area contributed by atoms with Crippen molar-refractivity contribution in [1.29, 1.82) is 0 Å². The molecule has 0 radical (unpaired) electrons. The van der Waals surface area contributed by atoms with Crippen LogP contribution in [0.4, 0.5) is 10.5 Å². The SMILES string of the molecule is O=C(Nc1cc[n+](CCc2c[nH]c3ccccc23)cc1)OCc1ccccc1. The van der Waals surface area contributed by atoms with Gasteiger partial charge >= 0.3 is 6.09 Å². The van der Waals surface area contributed by atoms with Crippen LogP contribution in [0.15, 0.2) is 85.3 Å². The van der Waals surface area contributed by atoms with E-state index in [0.29, 0.717) is 5.69 Å². The molecule has 0 unspecified atom stereocenters. The van der Waals surface area contributed by atoms with Crippen molar-refractivity contribution >= 4 is 22.7 Å². The summed E-state index contributed by atoms with van der Waals surface area (Å²) in [6.45, 7) is 1.12. The lowest BCUT2D eigenvalue weighted by Gasteiger charge is -2.06. The molecule has 0 spiro atoms. The van der Waals surface area contributed by atoms with E-state index in [1.54, 1.807) is 0 Å². The zero-order chi connectivity index (χ0) is 19.2. The third kappa shape index (κ3) is 4.38. The molecule has 0 bridgehead atoms. The largest absolute Gasteiger partial charge is 0.444 e. The molecule has 0 saturated carbocycles. The van der Waals surface area contributed by atoms with Gasteiger partial charge in [0.2, 0.25) is 0 Å². The van der Waals surface area contributed by atoms with Gasteiger partial charge in [0.1, 0.15) is 6.61 Å². The first-order chi connectivity index (χ1) is 13.8. The van der Waals surface area contributed by atoms with E-state index >= 15 is 0 Å². The number of fused-ring (bicyclic) bond motifs is 1. The molecule has 2 heterocycles. The number of para-hydroxylation sites is 1. The number of rotatable bonds is 6. The van der Waals surface area contributed by atoms with E-state index in [1.165, 1.54) is 10.9 Å². The first-order valence-corrected chi connectivity index (χ1v) is 9.30. The molecule has 0 atom stereocenters. The molecule has 0 aliphatic carbocycles. The van der Waals surface area contributed by atoms with E-state index in [1.807, 2.05) is 60.9 Å². The topological polar surface area (TPSA) is 58.0 Å². The molecule has 2 aromatic carbocycles. The number of H-pyrrole nitrogens is 1. The monoisotopic (exact) mass is 372 g/mol. The normalized spacial score (nSPS) is 10.7. The van der Waals surface area contributed by atoms with Crippen LogP contribution in [-0.4, -0.2) is 11.1 Å². The second kappa shape index (κ2) is 8.39. The van der Waals surface area contributed by atoms with Crippen molar-refractivity contribution in [3.63, 3.8) is 0 Å². The second-order valence-corrected chi connectivity index (χ2v) is 6.62. The van der Waals surface area contributed by atoms with Gasteiger partial charge in [-0.15, -0.1) is 0 Å². The lowest BCUT2D eigenvalue weighted by Crippen LogP contribution is -2.33. The van der Waals surface area contributed by atoms with Gasteiger partial charge in [0.15, 0.2) is 18.9 Å². The molecule has 5 heteroatoms. The fourth-order valence-corrected chi connectivity index (χ4v) is 3.15. The number of pyridine rings is 1. The van der Waals surface area contributed by atoms with Gasteiger partial charge in [-0.2, -0.15) is 0 Å². The maximum absolute atomic E-state index is 11.9. The highest BCUT2D eigenvalue weighted by atomic mass is 16.5. The Morgan fingerprint density at radius 3 is 2.54 bits per heavy atom. The van der Waals surface area contributed by atoms with Crippen molar-refractivity contribution in [2.75, 3.05) is 5.32 Å². The highest BCUT2D eigenvalue weighted by Gasteiger charge is 2.08. The van der Waals surface area contributed by atoms with Gasteiger partial charge in [-0.25, -0.2) is 9.36 Å². The lowest BCUT2D eigenvalue weighted by atomic mass is 10.1. The van der Waals surface area contributed by atoms with E-state index < -0.39 is 6.09 Å². The number of aromatic nitrogens is 2. The number of benzene rings is 2. The number of aryl methyl sites for hydroxylation is 2. The van der Waals surface area contributed by atoms with E-state index in [2.05, 4.69) is 39.3 Å². The fourth-order valence-electron chi connectivity index (χ4n) is 3.15. The molecule has 0 saturated heterocycles. The molecule has 4 rings (SSSR count). The summed E-state index contributed by atoms with van der Waals surface area (Å²) in [5.41, 5.74) is 4.13. The minimum Gasteiger partial charge on any atom is -0.444 e. The molecule has 140 valence electrons. The Labute approximate surface area is 163 Å². The Kier molecular flexibility index (Phi) is 5.33. The summed E-state index contributed by atoms with van der Waals surface area (Å²) in [5.74, 6) is 0. The molecule has 5 nitrogen and oxygen atoms in total. The summed E-state index contributed by atoms with van der Waals surface area (Å²) < 4.78 is 7.34. The predicted molar refractivity (Wildman–Crippen MR) is 109 cm³/mol. The van der Waals surface area contributed by atoms with Crippen LogP contribution in [0.2, 0.25) is 0 Å². The molecule has 2 N–H and O–H groups in total. The molecule has 0 aliphatic heterocycles. The van der Waals surface area contributed by atoms with Crippen LogP contribution in [0.5, 0.6) is 0 Å². The number of ether oxygens (including phenoxy) is 1. The Hall–Kier alpha value is -3.60. The zero-order valence-corrected chi connectivity index (χ0v) is 15.5. The average Bonchev–Trinajstić information content (AvgIpc) is 3.16. The van der Waals surface area contributed by atoms with Gasteiger partial charge in [-0.1, -0.05) is 48.5 Å². The predicted octanol–water partition coefficient (Wildman–Crippen LogP) is 4.45. The Morgan fingerprint density at radius 1 is 0.964 bits per heavy atom. The van der Waals surface area contributed by atoms with E-state index in [0.717, 1.165) is 24.0 Å². The van der Waals surface area contributed by atoms with Crippen LogP contribution in [0.1, 0.15) is 11.1 Å². The number of carbonyl (C=O) groups is 1. The van der Waals surface area contributed by atoms with Crippen molar-refractivity contribution in [1.82, 2.24) is 4.98 Å². The fraction of sp³-hybridized carbons (Fsp3) is 0.130. The van der Waals surface area contributed by atoms with Gasteiger partial charge in [0.05, 0.1) is 5.69 Å². The van der Waals surface area contributed by atoms with Crippen LogP contribution >= 0.6 is 0 Å². The number of carbonyl (C=O) groups excluding carboxylic acids is 1. The number of anilines is 1. The second-order valence-electron chi connectivity index (χ2n) is 6.62. The molecule has 0 aliphatic rings. The Balaban J connectivity index is 1.29. The van der Waals surface area contributed by atoms with Gasteiger partial charge in [-0.3, -0.25) is 5.32 Å². The van der Waals surface area contributed by atoms with Crippen molar-refractivity contribution in [3.05, 3.63) is 96.4 Å². The smallest absolute Gasteiger partial charge is 0.411 e. The van der Waals surface area contributed by atoms with E-state index in [9.17, 15) is 4.79 Å². The molecule has 1 amide bonds. The minimum absolute atomic E-state index is 0.254. The maximum Gasteiger partial charge on any atom is 0.411 e. The highest BCUT2D eigenvalue weighted by molar-refractivity contribution is 5.84. The lowest BCUT2D eigenvalue weighted by molar-refractivity contribution is -0.696. The van der Waals surface area contributed by atoms with Gasteiger partial charge < -0.3 is 9.72 Å². The summed E-state index contributed by atoms with van der Waals surface area (Å²) in [6, 6.07) is 21.7. The summed E-state index contributed by atoms with van der Waals surface area (Å²) in [6.07, 6.45) is 6.47. The number of hydrogen-bond donors (Lipinski definition) is 2. The summed E-state index contributed by atoms with van der Waals surface area (Å²) in [4.78, 5) is 15.2. The third-order valence-electron chi connectivity index (χ3n) is 4.66.